The highest BCUT2D eigenvalue weighted by molar-refractivity contribution is 8.01. The molecule has 0 bridgehead atoms. The van der Waals surface area contributed by atoms with E-state index in [1.54, 1.807) is 11.8 Å². The van der Waals surface area contributed by atoms with Crippen molar-refractivity contribution < 1.29 is 9.59 Å². The van der Waals surface area contributed by atoms with Crippen LogP contribution >= 0.6 is 11.8 Å². The highest BCUT2D eigenvalue weighted by atomic mass is 32.2. The number of carbonyl (C=O) groups excluding carboxylic acids is 2. The second kappa shape index (κ2) is 9.57. The summed E-state index contributed by atoms with van der Waals surface area (Å²) in [6.07, 6.45) is 2.30. The summed E-state index contributed by atoms with van der Waals surface area (Å²) in [5.41, 5.74) is 0. The van der Waals surface area contributed by atoms with Crippen molar-refractivity contribution in [3.05, 3.63) is 0 Å². The number of Topliss-reactive ketones (excluding diaryl/α,β-unsaturated/α-hetero) is 2. The van der Waals surface area contributed by atoms with Crippen molar-refractivity contribution in [3.63, 3.8) is 0 Å². The standard InChI is InChI=1S/C16H30O2S/c1-7-13(6)9-14(17)10-19-16(12(4)5)15(18)8-11(2)3/h11-13,16H,7-10H2,1-6H3. The van der Waals surface area contributed by atoms with Crippen molar-refractivity contribution in [2.45, 2.75) is 66.1 Å². The van der Waals surface area contributed by atoms with Crippen LogP contribution in [-0.4, -0.2) is 22.6 Å². The van der Waals surface area contributed by atoms with Gasteiger partial charge in [-0.1, -0.05) is 48.0 Å². The summed E-state index contributed by atoms with van der Waals surface area (Å²) in [5, 5.41) is -0.0247. The maximum absolute atomic E-state index is 12.2. The lowest BCUT2D eigenvalue weighted by Gasteiger charge is -2.20. The number of hydrogen-bond acceptors (Lipinski definition) is 3. The number of thioether (sulfide) groups is 1. The van der Waals surface area contributed by atoms with Crippen LogP contribution in [0.15, 0.2) is 0 Å². The third-order valence-corrected chi connectivity index (χ3v) is 4.88. The Morgan fingerprint density at radius 2 is 1.58 bits per heavy atom. The van der Waals surface area contributed by atoms with Crippen LogP contribution in [0.5, 0.6) is 0 Å². The minimum atomic E-state index is -0.0247. The van der Waals surface area contributed by atoms with Gasteiger partial charge < -0.3 is 0 Å². The zero-order chi connectivity index (χ0) is 15.0. The maximum atomic E-state index is 12.2. The SMILES string of the molecule is CCC(C)CC(=O)CSC(C(=O)CC(C)C)C(C)C. The summed E-state index contributed by atoms with van der Waals surface area (Å²) in [6, 6.07) is 0. The molecule has 0 fully saturated rings. The normalized spacial score (nSPS) is 14.7. The zero-order valence-electron chi connectivity index (χ0n) is 13.4. The van der Waals surface area contributed by atoms with Crippen molar-refractivity contribution in [2.75, 3.05) is 5.75 Å². The fraction of sp³-hybridized carbons (Fsp3) is 0.875. The van der Waals surface area contributed by atoms with Crippen LogP contribution in [0.4, 0.5) is 0 Å². The van der Waals surface area contributed by atoms with Gasteiger partial charge in [0.25, 0.3) is 0 Å². The van der Waals surface area contributed by atoms with Gasteiger partial charge in [0.2, 0.25) is 0 Å². The van der Waals surface area contributed by atoms with Gasteiger partial charge >= 0.3 is 0 Å². The molecule has 0 aliphatic carbocycles. The van der Waals surface area contributed by atoms with Crippen molar-refractivity contribution in [2.24, 2.45) is 17.8 Å². The van der Waals surface area contributed by atoms with Crippen LogP contribution in [0, 0.1) is 17.8 Å². The molecule has 0 aromatic rings. The molecule has 2 unspecified atom stereocenters. The highest BCUT2D eigenvalue weighted by Gasteiger charge is 2.24. The van der Waals surface area contributed by atoms with Crippen LogP contribution in [0.1, 0.15) is 60.8 Å². The van der Waals surface area contributed by atoms with E-state index >= 15 is 0 Å². The largest absolute Gasteiger partial charge is 0.299 e. The van der Waals surface area contributed by atoms with Crippen LogP contribution in [0.25, 0.3) is 0 Å². The lowest BCUT2D eigenvalue weighted by molar-refractivity contribution is -0.119. The third-order valence-electron chi connectivity index (χ3n) is 3.23. The zero-order valence-corrected chi connectivity index (χ0v) is 14.2. The van der Waals surface area contributed by atoms with Gasteiger partial charge in [-0.05, 0) is 17.8 Å². The Balaban J connectivity index is 4.29. The van der Waals surface area contributed by atoms with E-state index in [1.807, 2.05) is 0 Å². The molecule has 0 saturated heterocycles. The molecule has 0 heterocycles. The minimum Gasteiger partial charge on any atom is -0.299 e. The molecular weight excluding hydrogens is 256 g/mol. The first kappa shape index (κ1) is 18.7. The van der Waals surface area contributed by atoms with E-state index in [-0.39, 0.29) is 11.0 Å². The molecule has 2 nitrogen and oxygen atoms in total. The molecule has 0 amide bonds. The fourth-order valence-corrected chi connectivity index (χ4v) is 3.10. The van der Waals surface area contributed by atoms with Gasteiger partial charge in [-0.25, -0.2) is 0 Å². The molecule has 0 N–H and O–H groups in total. The first-order valence-corrected chi connectivity index (χ1v) is 8.48. The molecule has 2 atom stereocenters. The molecule has 3 heteroatoms. The molecule has 0 aromatic carbocycles. The summed E-state index contributed by atoms with van der Waals surface area (Å²) in [5.74, 6) is 2.21. The molecule has 0 rings (SSSR count). The molecule has 0 aliphatic heterocycles. The van der Waals surface area contributed by atoms with Gasteiger partial charge in [0.05, 0.1) is 11.0 Å². The Hall–Kier alpha value is -0.310. The van der Waals surface area contributed by atoms with Crippen molar-refractivity contribution in [1.29, 1.82) is 0 Å². The summed E-state index contributed by atoms with van der Waals surface area (Å²) in [4.78, 5) is 24.0. The van der Waals surface area contributed by atoms with Crippen LogP contribution < -0.4 is 0 Å². The topological polar surface area (TPSA) is 34.1 Å². The van der Waals surface area contributed by atoms with Gasteiger partial charge in [-0.2, -0.15) is 0 Å². The summed E-state index contributed by atoms with van der Waals surface area (Å²) in [6.45, 7) is 12.5. The first-order valence-electron chi connectivity index (χ1n) is 7.43. The van der Waals surface area contributed by atoms with Crippen LogP contribution in [-0.2, 0) is 9.59 Å². The van der Waals surface area contributed by atoms with Gasteiger partial charge in [0.15, 0.2) is 0 Å². The van der Waals surface area contributed by atoms with Crippen molar-refractivity contribution in [1.82, 2.24) is 0 Å². The first-order chi connectivity index (χ1) is 8.77. The third kappa shape index (κ3) is 8.46. The fourth-order valence-electron chi connectivity index (χ4n) is 1.95. The minimum absolute atomic E-state index is 0.0247. The molecule has 0 spiro atoms. The quantitative estimate of drug-likeness (QED) is 0.598. The average Bonchev–Trinajstić information content (AvgIpc) is 2.27. The summed E-state index contributed by atoms with van der Waals surface area (Å²) >= 11 is 1.54. The van der Waals surface area contributed by atoms with Crippen molar-refractivity contribution >= 4 is 23.3 Å². The number of ketones is 2. The molecule has 19 heavy (non-hydrogen) atoms. The van der Waals surface area contributed by atoms with Crippen LogP contribution in [0.3, 0.4) is 0 Å². The summed E-state index contributed by atoms with van der Waals surface area (Å²) < 4.78 is 0. The monoisotopic (exact) mass is 286 g/mol. The Bertz CT molecular complexity index is 284. The van der Waals surface area contributed by atoms with E-state index < -0.39 is 0 Å². The van der Waals surface area contributed by atoms with Crippen molar-refractivity contribution in [3.8, 4) is 0 Å². The summed E-state index contributed by atoms with van der Waals surface area (Å²) in [7, 11) is 0. The van der Waals surface area contributed by atoms with Crippen LogP contribution in [0.2, 0.25) is 0 Å². The van der Waals surface area contributed by atoms with E-state index in [2.05, 4.69) is 41.5 Å². The molecule has 112 valence electrons. The smallest absolute Gasteiger partial charge is 0.146 e. The van der Waals surface area contributed by atoms with Gasteiger partial charge in [-0.15, -0.1) is 11.8 Å². The molecule has 0 aliphatic rings. The van der Waals surface area contributed by atoms with Gasteiger partial charge in [0.1, 0.15) is 11.6 Å². The van der Waals surface area contributed by atoms with E-state index in [4.69, 9.17) is 0 Å². The lowest BCUT2D eigenvalue weighted by atomic mass is 9.99. The highest BCUT2D eigenvalue weighted by Crippen LogP contribution is 2.24. The second-order valence-electron chi connectivity index (χ2n) is 6.30. The molecule has 0 radical (unpaired) electrons. The number of carbonyl (C=O) groups is 2. The van der Waals surface area contributed by atoms with Gasteiger partial charge in [-0.3, -0.25) is 9.59 Å². The molecule has 0 saturated carbocycles. The molecule has 0 aromatic heterocycles. The Labute approximate surface area is 123 Å². The van der Waals surface area contributed by atoms with E-state index in [0.29, 0.717) is 42.1 Å². The average molecular weight is 286 g/mol. The predicted molar refractivity (Wildman–Crippen MR) is 84.6 cm³/mol. The number of rotatable bonds is 10. The van der Waals surface area contributed by atoms with E-state index in [0.717, 1.165) is 6.42 Å². The predicted octanol–water partition coefficient (Wildman–Crippen LogP) is 4.36. The van der Waals surface area contributed by atoms with Gasteiger partial charge in [0, 0.05) is 12.8 Å². The Morgan fingerprint density at radius 1 is 1.00 bits per heavy atom. The van der Waals surface area contributed by atoms with E-state index in [1.165, 1.54) is 0 Å². The maximum Gasteiger partial charge on any atom is 0.146 e. The molecular formula is C16H30O2S. The Kier molecular flexibility index (Phi) is 9.42. The Morgan fingerprint density at radius 3 is 2.00 bits per heavy atom. The lowest BCUT2D eigenvalue weighted by Crippen LogP contribution is -2.26. The number of hydrogen-bond donors (Lipinski definition) is 0. The van der Waals surface area contributed by atoms with E-state index in [9.17, 15) is 9.59 Å². The second-order valence-corrected chi connectivity index (χ2v) is 7.43.